The van der Waals surface area contributed by atoms with E-state index in [1.807, 2.05) is 24.3 Å². The number of carbonyl (C=O) groups is 2. The molecule has 1 aliphatic rings. The monoisotopic (exact) mass is 395 g/mol. The van der Waals surface area contributed by atoms with Crippen LogP contribution in [0.25, 0.3) is 6.08 Å². The molecule has 1 aliphatic heterocycles. The second-order valence-electron chi connectivity index (χ2n) is 6.10. The van der Waals surface area contributed by atoms with Crippen molar-refractivity contribution in [1.82, 2.24) is 5.32 Å². The summed E-state index contributed by atoms with van der Waals surface area (Å²) in [5.74, 6) is -1.19. The van der Waals surface area contributed by atoms with Gasteiger partial charge in [0.15, 0.2) is 5.17 Å². The number of amides is 1. The van der Waals surface area contributed by atoms with Crippen LogP contribution in [-0.2, 0) is 4.79 Å². The first-order valence-corrected chi connectivity index (χ1v) is 9.79. The normalized spacial score (nSPS) is 16.4. The molecule has 3 rings (SSSR count). The number of carboxylic acid groups (broad SMARTS) is 1. The van der Waals surface area contributed by atoms with E-state index in [0.717, 1.165) is 30.0 Å². The van der Waals surface area contributed by atoms with E-state index in [9.17, 15) is 9.59 Å². The Morgan fingerprint density at radius 1 is 1.11 bits per heavy atom. The summed E-state index contributed by atoms with van der Waals surface area (Å²) in [4.78, 5) is 30.4. The molecule has 144 valence electrons. The van der Waals surface area contributed by atoms with Crippen molar-refractivity contribution in [3.63, 3.8) is 0 Å². The Balaban J connectivity index is 1.73. The molecule has 0 atom stereocenters. The van der Waals surface area contributed by atoms with Crippen LogP contribution in [0.15, 0.2) is 58.4 Å². The third-order valence-corrected chi connectivity index (χ3v) is 5.23. The van der Waals surface area contributed by atoms with Gasteiger partial charge in [0, 0.05) is 18.8 Å². The molecule has 0 radical (unpaired) electrons. The summed E-state index contributed by atoms with van der Waals surface area (Å²) in [7, 11) is 0. The highest BCUT2D eigenvalue weighted by Gasteiger charge is 2.23. The van der Waals surface area contributed by atoms with Gasteiger partial charge >= 0.3 is 5.97 Å². The average Bonchev–Trinajstić information content (AvgIpc) is 3.03. The zero-order valence-electron chi connectivity index (χ0n) is 15.7. The molecule has 1 fully saturated rings. The number of benzene rings is 2. The molecule has 2 N–H and O–H groups in total. The predicted octanol–water partition coefficient (Wildman–Crippen LogP) is 4.12. The lowest BCUT2D eigenvalue weighted by Crippen LogP contribution is -2.21. The van der Waals surface area contributed by atoms with Crippen LogP contribution < -0.4 is 10.2 Å². The van der Waals surface area contributed by atoms with Crippen LogP contribution in [0.3, 0.4) is 0 Å². The minimum atomic E-state index is -0.978. The number of aliphatic imine (C=N–C) groups is 1. The highest BCUT2D eigenvalue weighted by Crippen LogP contribution is 2.28. The van der Waals surface area contributed by atoms with Crippen molar-refractivity contribution in [2.45, 2.75) is 13.8 Å². The van der Waals surface area contributed by atoms with Gasteiger partial charge in [0.2, 0.25) is 0 Å². The first-order chi connectivity index (χ1) is 13.5. The summed E-state index contributed by atoms with van der Waals surface area (Å²) in [6.45, 7) is 6.12. The number of amidine groups is 1. The molecule has 1 amide bonds. The SMILES string of the molecule is CCN(CC)c1ccc(N=C2NC(=O)/C(=C/c3ccc(C(=O)O)cc3)S2)cc1. The van der Waals surface area contributed by atoms with Crippen molar-refractivity contribution in [3.8, 4) is 0 Å². The molecule has 7 heteroatoms. The van der Waals surface area contributed by atoms with Gasteiger partial charge in [-0.15, -0.1) is 0 Å². The summed E-state index contributed by atoms with van der Waals surface area (Å²) >= 11 is 1.26. The zero-order valence-corrected chi connectivity index (χ0v) is 16.5. The highest BCUT2D eigenvalue weighted by molar-refractivity contribution is 8.18. The van der Waals surface area contributed by atoms with E-state index in [0.29, 0.717) is 10.1 Å². The lowest BCUT2D eigenvalue weighted by atomic mass is 10.1. The molecular weight excluding hydrogens is 374 g/mol. The average molecular weight is 395 g/mol. The second kappa shape index (κ2) is 8.75. The van der Waals surface area contributed by atoms with Gasteiger partial charge in [-0.1, -0.05) is 12.1 Å². The molecule has 6 nitrogen and oxygen atoms in total. The van der Waals surface area contributed by atoms with E-state index in [1.165, 1.54) is 23.9 Å². The standard InChI is InChI=1S/C21H21N3O3S/c1-3-24(4-2)17-11-9-16(10-12-17)22-21-23-19(25)18(28-21)13-14-5-7-15(8-6-14)20(26)27/h5-13H,3-4H2,1-2H3,(H,26,27)(H,22,23,25)/b18-13-. The number of anilines is 1. The molecule has 1 heterocycles. The van der Waals surface area contributed by atoms with Gasteiger partial charge < -0.3 is 15.3 Å². The largest absolute Gasteiger partial charge is 0.478 e. The van der Waals surface area contributed by atoms with Gasteiger partial charge in [-0.3, -0.25) is 4.79 Å². The maximum Gasteiger partial charge on any atom is 0.335 e. The topological polar surface area (TPSA) is 82.0 Å². The van der Waals surface area contributed by atoms with Crippen molar-refractivity contribution in [3.05, 3.63) is 64.6 Å². The van der Waals surface area contributed by atoms with E-state index < -0.39 is 5.97 Å². The van der Waals surface area contributed by atoms with Crippen LogP contribution in [0.5, 0.6) is 0 Å². The molecule has 1 saturated heterocycles. The fourth-order valence-electron chi connectivity index (χ4n) is 2.80. The molecule has 0 bridgehead atoms. The third-order valence-electron chi connectivity index (χ3n) is 4.32. The number of carbonyl (C=O) groups excluding carboxylic acids is 1. The fraction of sp³-hybridized carbons (Fsp3) is 0.190. The molecule has 0 aliphatic carbocycles. The minimum absolute atomic E-state index is 0.209. The van der Waals surface area contributed by atoms with E-state index >= 15 is 0 Å². The van der Waals surface area contributed by atoms with Crippen LogP contribution in [0.4, 0.5) is 11.4 Å². The van der Waals surface area contributed by atoms with E-state index in [-0.39, 0.29) is 11.5 Å². The second-order valence-corrected chi connectivity index (χ2v) is 7.13. The van der Waals surface area contributed by atoms with Crippen molar-refractivity contribution in [1.29, 1.82) is 0 Å². The highest BCUT2D eigenvalue weighted by atomic mass is 32.2. The molecule has 28 heavy (non-hydrogen) atoms. The summed E-state index contributed by atoms with van der Waals surface area (Å²) in [6.07, 6.45) is 1.72. The number of thioether (sulfide) groups is 1. The molecule has 0 saturated carbocycles. The van der Waals surface area contributed by atoms with E-state index in [4.69, 9.17) is 5.11 Å². The molecular formula is C21H21N3O3S. The number of hydrogen-bond acceptors (Lipinski definition) is 5. The predicted molar refractivity (Wildman–Crippen MR) is 114 cm³/mol. The number of aromatic carboxylic acids is 1. The Hall–Kier alpha value is -3.06. The lowest BCUT2D eigenvalue weighted by Gasteiger charge is -2.20. The minimum Gasteiger partial charge on any atom is -0.478 e. The first kappa shape index (κ1) is 19.7. The number of nitrogens with zero attached hydrogens (tertiary/aromatic N) is 2. The van der Waals surface area contributed by atoms with Crippen LogP contribution >= 0.6 is 11.8 Å². The van der Waals surface area contributed by atoms with Crippen molar-refractivity contribution in [2.24, 2.45) is 4.99 Å². The van der Waals surface area contributed by atoms with Crippen molar-refractivity contribution < 1.29 is 14.7 Å². The number of nitrogens with one attached hydrogen (secondary N) is 1. The lowest BCUT2D eigenvalue weighted by molar-refractivity contribution is -0.115. The Labute approximate surface area is 168 Å². The summed E-state index contributed by atoms with van der Waals surface area (Å²) in [5, 5.41) is 12.2. The van der Waals surface area contributed by atoms with Gasteiger partial charge in [0.05, 0.1) is 16.2 Å². The number of hydrogen-bond donors (Lipinski definition) is 2. The summed E-state index contributed by atoms with van der Waals surface area (Å²) in [6, 6.07) is 14.3. The van der Waals surface area contributed by atoms with Crippen LogP contribution in [0.1, 0.15) is 29.8 Å². The van der Waals surface area contributed by atoms with Crippen molar-refractivity contribution in [2.75, 3.05) is 18.0 Å². The Morgan fingerprint density at radius 3 is 2.32 bits per heavy atom. The number of rotatable bonds is 6. The molecule has 0 unspecified atom stereocenters. The Kier molecular flexibility index (Phi) is 6.16. The summed E-state index contributed by atoms with van der Waals surface area (Å²) < 4.78 is 0. The van der Waals surface area contributed by atoms with Gasteiger partial charge in [-0.05, 0) is 73.6 Å². The third kappa shape index (κ3) is 4.61. The van der Waals surface area contributed by atoms with Gasteiger partial charge in [0.1, 0.15) is 0 Å². The Morgan fingerprint density at radius 2 is 1.75 bits per heavy atom. The van der Waals surface area contributed by atoms with Crippen molar-refractivity contribution >= 4 is 46.3 Å². The quantitative estimate of drug-likeness (QED) is 0.719. The molecule has 2 aromatic rings. The maximum atomic E-state index is 12.2. The molecule has 0 spiro atoms. The smallest absolute Gasteiger partial charge is 0.335 e. The number of carboxylic acids is 1. The van der Waals surface area contributed by atoms with Crippen LogP contribution in [0.2, 0.25) is 0 Å². The molecule has 2 aromatic carbocycles. The van der Waals surface area contributed by atoms with Gasteiger partial charge in [-0.25, -0.2) is 9.79 Å². The maximum absolute atomic E-state index is 12.2. The van der Waals surface area contributed by atoms with Crippen LogP contribution in [-0.4, -0.2) is 35.2 Å². The summed E-state index contributed by atoms with van der Waals surface area (Å²) in [5.41, 5.74) is 2.88. The van der Waals surface area contributed by atoms with E-state index in [2.05, 4.69) is 29.1 Å². The van der Waals surface area contributed by atoms with Gasteiger partial charge in [-0.2, -0.15) is 0 Å². The van der Waals surface area contributed by atoms with Gasteiger partial charge in [0.25, 0.3) is 5.91 Å². The molecule has 0 aromatic heterocycles. The fourth-order valence-corrected chi connectivity index (χ4v) is 3.64. The van der Waals surface area contributed by atoms with E-state index in [1.54, 1.807) is 18.2 Å². The first-order valence-electron chi connectivity index (χ1n) is 8.98. The van der Waals surface area contributed by atoms with Crippen LogP contribution in [0, 0.1) is 0 Å². The zero-order chi connectivity index (χ0) is 20.1. The Bertz CT molecular complexity index is 930.